The standard InChI is InChI=1S/C14H17NO3/c1-15(10-7-11-5-3-2-4-6-11)12(16)14(8-9-14)13(17)18/h2-6H,7-10H2,1H3,(H,17,18). The molecule has 0 unspecified atom stereocenters. The molecule has 0 atom stereocenters. The summed E-state index contributed by atoms with van der Waals surface area (Å²) in [4.78, 5) is 24.6. The second kappa shape index (κ2) is 4.80. The van der Waals surface area contributed by atoms with Crippen molar-refractivity contribution >= 4 is 11.9 Å². The lowest BCUT2D eigenvalue weighted by molar-refractivity contribution is -0.152. The topological polar surface area (TPSA) is 57.6 Å². The number of nitrogens with zero attached hydrogens (tertiary/aromatic N) is 1. The Morgan fingerprint density at radius 2 is 1.89 bits per heavy atom. The maximum absolute atomic E-state index is 12.0. The van der Waals surface area contributed by atoms with E-state index >= 15 is 0 Å². The van der Waals surface area contributed by atoms with Crippen LogP contribution >= 0.6 is 0 Å². The van der Waals surface area contributed by atoms with Crippen molar-refractivity contribution in [2.75, 3.05) is 13.6 Å². The zero-order valence-corrected chi connectivity index (χ0v) is 10.4. The summed E-state index contributed by atoms with van der Waals surface area (Å²) in [5.74, 6) is -1.25. The number of amides is 1. The Balaban J connectivity index is 1.91. The van der Waals surface area contributed by atoms with Gasteiger partial charge in [-0.25, -0.2) is 0 Å². The summed E-state index contributed by atoms with van der Waals surface area (Å²) < 4.78 is 0. The van der Waals surface area contributed by atoms with E-state index in [0.717, 1.165) is 12.0 Å². The van der Waals surface area contributed by atoms with Crippen LogP contribution in [-0.2, 0) is 16.0 Å². The van der Waals surface area contributed by atoms with E-state index in [1.54, 1.807) is 7.05 Å². The number of hydrogen-bond acceptors (Lipinski definition) is 2. The fourth-order valence-corrected chi connectivity index (χ4v) is 2.05. The normalized spacial score (nSPS) is 16.1. The van der Waals surface area contributed by atoms with Crippen LogP contribution in [0.5, 0.6) is 0 Å². The Labute approximate surface area is 106 Å². The monoisotopic (exact) mass is 247 g/mol. The molecule has 0 saturated heterocycles. The van der Waals surface area contributed by atoms with Crippen molar-refractivity contribution in [1.29, 1.82) is 0 Å². The second-order valence-corrected chi connectivity index (χ2v) is 4.85. The SMILES string of the molecule is CN(CCc1ccccc1)C(=O)C1(C(=O)O)CC1. The van der Waals surface area contributed by atoms with Gasteiger partial charge in [-0.3, -0.25) is 9.59 Å². The molecule has 18 heavy (non-hydrogen) atoms. The van der Waals surface area contributed by atoms with E-state index in [4.69, 9.17) is 5.11 Å². The third kappa shape index (κ3) is 2.37. The van der Waals surface area contributed by atoms with Crippen LogP contribution in [0.2, 0.25) is 0 Å². The van der Waals surface area contributed by atoms with Crippen molar-refractivity contribution < 1.29 is 14.7 Å². The van der Waals surface area contributed by atoms with Crippen LogP contribution in [0.25, 0.3) is 0 Å². The molecule has 1 fully saturated rings. The number of carbonyl (C=O) groups excluding carboxylic acids is 1. The summed E-state index contributed by atoms with van der Waals surface area (Å²) >= 11 is 0. The summed E-state index contributed by atoms with van der Waals surface area (Å²) in [7, 11) is 1.67. The van der Waals surface area contributed by atoms with Gasteiger partial charge in [0.25, 0.3) is 0 Å². The van der Waals surface area contributed by atoms with Crippen LogP contribution < -0.4 is 0 Å². The number of rotatable bonds is 5. The van der Waals surface area contributed by atoms with Gasteiger partial charge in [-0.1, -0.05) is 30.3 Å². The third-order valence-electron chi connectivity index (χ3n) is 3.49. The molecule has 1 saturated carbocycles. The molecule has 1 aromatic carbocycles. The molecule has 4 heteroatoms. The molecule has 0 bridgehead atoms. The molecule has 0 aromatic heterocycles. The van der Waals surface area contributed by atoms with Crippen LogP contribution in [0.3, 0.4) is 0 Å². The average Bonchev–Trinajstić information content (AvgIpc) is 3.17. The second-order valence-electron chi connectivity index (χ2n) is 4.85. The summed E-state index contributed by atoms with van der Waals surface area (Å²) in [5.41, 5.74) is 0.0307. The van der Waals surface area contributed by atoms with Crippen LogP contribution in [0.4, 0.5) is 0 Å². The lowest BCUT2D eigenvalue weighted by atomic mass is 10.1. The van der Waals surface area contributed by atoms with Gasteiger partial charge in [0.1, 0.15) is 5.41 Å². The molecule has 1 N–H and O–H groups in total. The minimum atomic E-state index is -1.12. The summed E-state index contributed by atoms with van der Waals surface area (Å²) in [6.45, 7) is 0.553. The van der Waals surface area contributed by atoms with E-state index in [1.807, 2.05) is 30.3 Å². The summed E-state index contributed by atoms with van der Waals surface area (Å²) in [6, 6.07) is 9.86. The number of hydrogen-bond donors (Lipinski definition) is 1. The maximum atomic E-state index is 12.0. The summed E-state index contributed by atoms with van der Waals surface area (Å²) in [5, 5.41) is 9.06. The number of carboxylic acid groups (broad SMARTS) is 1. The molecule has 1 aromatic rings. The number of benzene rings is 1. The Morgan fingerprint density at radius 1 is 1.28 bits per heavy atom. The van der Waals surface area contributed by atoms with Crippen molar-refractivity contribution in [2.24, 2.45) is 5.41 Å². The number of aliphatic carboxylic acids is 1. The van der Waals surface area contributed by atoms with Gasteiger partial charge in [0.2, 0.25) is 5.91 Å². The molecule has 0 heterocycles. The lowest BCUT2D eigenvalue weighted by Gasteiger charge is -2.21. The van der Waals surface area contributed by atoms with Gasteiger partial charge in [0, 0.05) is 13.6 Å². The van der Waals surface area contributed by atoms with Gasteiger partial charge in [0.15, 0.2) is 0 Å². The van der Waals surface area contributed by atoms with Gasteiger partial charge in [-0.2, -0.15) is 0 Å². The molecule has 1 amide bonds. The highest BCUT2D eigenvalue weighted by Gasteiger charge is 2.58. The molecule has 0 radical (unpaired) electrons. The van der Waals surface area contributed by atoms with Gasteiger partial charge < -0.3 is 10.0 Å². The number of carbonyl (C=O) groups is 2. The summed E-state index contributed by atoms with van der Waals surface area (Å²) in [6.07, 6.45) is 1.69. The Morgan fingerprint density at radius 3 is 2.39 bits per heavy atom. The molecule has 2 rings (SSSR count). The van der Waals surface area contributed by atoms with Crippen molar-refractivity contribution in [2.45, 2.75) is 19.3 Å². The highest BCUT2D eigenvalue weighted by atomic mass is 16.4. The average molecular weight is 247 g/mol. The van der Waals surface area contributed by atoms with E-state index in [9.17, 15) is 9.59 Å². The minimum absolute atomic E-state index is 0.258. The molecule has 1 aliphatic carbocycles. The Hall–Kier alpha value is -1.84. The molecule has 0 aliphatic heterocycles. The third-order valence-corrected chi connectivity index (χ3v) is 3.49. The van der Waals surface area contributed by atoms with Gasteiger partial charge >= 0.3 is 5.97 Å². The number of likely N-dealkylation sites (N-methyl/N-ethyl adjacent to an activating group) is 1. The quantitative estimate of drug-likeness (QED) is 0.803. The Kier molecular flexibility index (Phi) is 3.36. The van der Waals surface area contributed by atoms with E-state index in [2.05, 4.69) is 0 Å². The zero-order valence-electron chi connectivity index (χ0n) is 10.4. The van der Waals surface area contributed by atoms with E-state index in [1.165, 1.54) is 4.90 Å². The molecule has 1 aliphatic rings. The highest BCUT2D eigenvalue weighted by molar-refractivity contribution is 6.04. The molecule has 4 nitrogen and oxygen atoms in total. The van der Waals surface area contributed by atoms with Crippen molar-refractivity contribution in [3.05, 3.63) is 35.9 Å². The van der Waals surface area contributed by atoms with Crippen molar-refractivity contribution in [3.63, 3.8) is 0 Å². The van der Waals surface area contributed by atoms with Gasteiger partial charge in [0.05, 0.1) is 0 Å². The molecule has 0 spiro atoms. The van der Waals surface area contributed by atoms with Crippen molar-refractivity contribution in [1.82, 2.24) is 4.90 Å². The fraction of sp³-hybridized carbons (Fsp3) is 0.429. The van der Waals surface area contributed by atoms with Crippen LogP contribution in [0.15, 0.2) is 30.3 Å². The van der Waals surface area contributed by atoms with Crippen LogP contribution in [-0.4, -0.2) is 35.5 Å². The predicted molar refractivity (Wildman–Crippen MR) is 67.1 cm³/mol. The molecular formula is C14H17NO3. The first-order chi connectivity index (χ1) is 8.56. The van der Waals surface area contributed by atoms with Crippen LogP contribution in [0, 0.1) is 5.41 Å². The van der Waals surface area contributed by atoms with E-state index in [-0.39, 0.29) is 5.91 Å². The maximum Gasteiger partial charge on any atom is 0.319 e. The van der Waals surface area contributed by atoms with Gasteiger partial charge in [-0.15, -0.1) is 0 Å². The molecular weight excluding hydrogens is 230 g/mol. The zero-order chi connectivity index (χ0) is 13.2. The smallest absolute Gasteiger partial charge is 0.319 e. The van der Waals surface area contributed by atoms with Crippen LogP contribution in [0.1, 0.15) is 18.4 Å². The van der Waals surface area contributed by atoms with E-state index in [0.29, 0.717) is 19.4 Å². The van der Waals surface area contributed by atoms with E-state index < -0.39 is 11.4 Å². The predicted octanol–water partition coefficient (Wildman–Crippen LogP) is 1.55. The molecule has 96 valence electrons. The first kappa shape index (κ1) is 12.6. The fourth-order valence-electron chi connectivity index (χ4n) is 2.05. The number of carboxylic acids is 1. The first-order valence-electron chi connectivity index (χ1n) is 6.09. The van der Waals surface area contributed by atoms with Gasteiger partial charge in [-0.05, 0) is 24.8 Å². The minimum Gasteiger partial charge on any atom is -0.480 e. The highest BCUT2D eigenvalue weighted by Crippen LogP contribution is 2.47. The van der Waals surface area contributed by atoms with Crippen molar-refractivity contribution in [3.8, 4) is 0 Å². The Bertz CT molecular complexity index is 451. The first-order valence-corrected chi connectivity index (χ1v) is 6.09. The largest absolute Gasteiger partial charge is 0.480 e. The lowest BCUT2D eigenvalue weighted by Crippen LogP contribution is -2.39.